The third-order valence-corrected chi connectivity index (χ3v) is 10.4. The standard InChI is InChI=1S/C51H89NO7/c1-6-8-10-12-14-16-18-20-21-22-23-24-25-26-27-28-29-30-32-33-35-37-39-41-49(53)58-46-47(45-57-44-43-48(51(55)56)52(3,4)5)59-50(54)42-40-38-36-34-31-19-17-15-13-11-9-7-2/h8,10,14,16,20-21,23-24,26-27,47-48H,6-7,9,11-13,15,17-19,22,25,28-46H2,1-5H3/p+1/b10-8+,16-14+,21-20+,24-23+,27-26+. The van der Waals surface area contributed by atoms with E-state index in [2.05, 4.69) is 74.6 Å². The highest BCUT2D eigenvalue weighted by Gasteiger charge is 2.31. The highest BCUT2D eigenvalue weighted by atomic mass is 16.6. The number of quaternary nitrogens is 1. The van der Waals surface area contributed by atoms with Gasteiger partial charge in [0.15, 0.2) is 12.1 Å². The second-order valence-corrected chi connectivity index (χ2v) is 17.0. The van der Waals surface area contributed by atoms with Gasteiger partial charge < -0.3 is 23.8 Å². The van der Waals surface area contributed by atoms with Gasteiger partial charge in [0.05, 0.1) is 34.4 Å². The number of unbranched alkanes of at least 4 members (excludes halogenated alkanes) is 18. The number of hydrogen-bond donors (Lipinski definition) is 1. The van der Waals surface area contributed by atoms with Gasteiger partial charge in [0.1, 0.15) is 6.61 Å². The molecule has 1 N–H and O–H groups in total. The van der Waals surface area contributed by atoms with Crippen LogP contribution in [0.3, 0.4) is 0 Å². The van der Waals surface area contributed by atoms with Crippen molar-refractivity contribution in [2.75, 3.05) is 41.0 Å². The number of rotatable bonds is 42. The largest absolute Gasteiger partial charge is 0.477 e. The molecule has 2 atom stereocenters. The van der Waals surface area contributed by atoms with Gasteiger partial charge in [-0.05, 0) is 57.8 Å². The fraction of sp³-hybridized carbons (Fsp3) is 0.745. The summed E-state index contributed by atoms with van der Waals surface area (Å²) in [5, 5.41) is 9.63. The fourth-order valence-electron chi connectivity index (χ4n) is 6.77. The molecule has 0 amide bonds. The van der Waals surface area contributed by atoms with E-state index in [1.807, 2.05) is 21.1 Å². The first kappa shape index (κ1) is 56.0. The topological polar surface area (TPSA) is 99.1 Å². The van der Waals surface area contributed by atoms with Gasteiger partial charge in [0.2, 0.25) is 0 Å². The number of nitrogens with zero attached hydrogens (tertiary/aromatic N) is 1. The molecule has 0 aromatic carbocycles. The molecular formula is C51H90NO7+. The Hall–Kier alpha value is -2.97. The quantitative estimate of drug-likeness (QED) is 0.0283. The molecule has 59 heavy (non-hydrogen) atoms. The molecule has 0 fully saturated rings. The first-order valence-electron chi connectivity index (χ1n) is 23.8. The van der Waals surface area contributed by atoms with Crippen LogP contribution in [0.25, 0.3) is 0 Å². The Labute approximate surface area is 362 Å². The van der Waals surface area contributed by atoms with E-state index in [4.69, 9.17) is 14.2 Å². The van der Waals surface area contributed by atoms with Gasteiger partial charge in [-0.25, -0.2) is 4.79 Å². The number of hydrogen-bond acceptors (Lipinski definition) is 6. The first-order valence-corrected chi connectivity index (χ1v) is 23.8. The Morgan fingerprint density at radius 1 is 0.525 bits per heavy atom. The van der Waals surface area contributed by atoms with Crippen LogP contribution in [-0.2, 0) is 28.6 Å². The number of ether oxygens (including phenoxy) is 3. The zero-order valence-electron chi connectivity index (χ0n) is 38.7. The monoisotopic (exact) mass is 829 g/mol. The summed E-state index contributed by atoms with van der Waals surface area (Å²) in [6.45, 7) is 4.61. The number of carbonyl (C=O) groups excluding carboxylic acids is 2. The van der Waals surface area contributed by atoms with Gasteiger partial charge >= 0.3 is 17.9 Å². The molecule has 0 aromatic heterocycles. The smallest absolute Gasteiger partial charge is 0.362 e. The van der Waals surface area contributed by atoms with Crippen LogP contribution in [0.2, 0.25) is 0 Å². The molecule has 0 radical (unpaired) electrons. The third kappa shape index (κ3) is 40.2. The molecule has 8 heteroatoms. The lowest BCUT2D eigenvalue weighted by molar-refractivity contribution is -0.887. The predicted molar refractivity (Wildman–Crippen MR) is 247 cm³/mol. The van der Waals surface area contributed by atoms with Crippen molar-refractivity contribution in [3.63, 3.8) is 0 Å². The molecule has 0 saturated heterocycles. The molecule has 2 unspecified atom stereocenters. The van der Waals surface area contributed by atoms with Crippen molar-refractivity contribution < 1.29 is 38.2 Å². The van der Waals surface area contributed by atoms with Crippen LogP contribution < -0.4 is 0 Å². The summed E-state index contributed by atoms with van der Waals surface area (Å²) >= 11 is 0. The second-order valence-electron chi connectivity index (χ2n) is 17.0. The number of esters is 2. The summed E-state index contributed by atoms with van der Waals surface area (Å²) in [6.07, 6.45) is 51.2. The van der Waals surface area contributed by atoms with E-state index in [1.54, 1.807) is 0 Å². The van der Waals surface area contributed by atoms with Crippen molar-refractivity contribution in [1.82, 2.24) is 0 Å². The zero-order valence-corrected chi connectivity index (χ0v) is 38.7. The molecule has 0 saturated carbocycles. The molecule has 0 aliphatic rings. The van der Waals surface area contributed by atoms with Crippen molar-refractivity contribution in [3.05, 3.63) is 60.8 Å². The van der Waals surface area contributed by atoms with E-state index in [1.165, 1.54) is 83.5 Å². The molecular weight excluding hydrogens is 739 g/mol. The maximum Gasteiger partial charge on any atom is 0.362 e. The lowest BCUT2D eigenvalue weighted by atomic mass is 10.0. The third-order valence-electron chi connectivity index (χ3n) is 10.4. The molecule has 8 nitrogen and oxygen atoms in total. The average Bonchev–Trinajstić information content (AvgIpc) is 3.19. The average molecular weight is 829 g/mol. The maximum absolute atomic E-state index is 12.7. The molecule has 0 aliphatic carbocycles. The lowest BCUT2D eigenvalue weighted by Gasteiger charge is -2.31. The van der Waals surface area contributed by atoms with Crippen molar-refractivity contribution in [1.29, 1.82) is 0 Å². The molecule has 0 aromatic rings. The Balaban J connectivity index is 4.26. The summed E-state index contributed by atoms with van der Waals surface area (Å²) in [7, 11) is 5.52. The van der Waals surface area contributed by atoms with Crippen LogP contribution in [0.15, 0.2) is 60.8 Å². The summed E-state index contributed by atoms with van der Waals surface area (Å²) in [6, 6.07) is -0.616. The Kier molecular flexibility index (Phi) is 39.6. The number of allylic oxidation sites excluding steroid dienone is 10. The fourth-order valence-corrected chi connectivity index (χ4v) is 6.77. The molecule has 0 aliphatic heterocycles. The van der Waals surface area contributed by atoms with E-state index >= 15 is 0 Å². The maximum atomic E-state index is 12.7. The molecule has 0 heterocycles. The van der Waals surface area contributed by atoms with Crippen LogP contribution >= 0.6 is 0 Å². The van der Waals surface area contributed by atoms with E-state index in [9.17, 15) is 19.5 Å². The molecule has 0 bridgehead atoms. The van der Waals surface area contributed by atoms with Crippen LogP contribution in [-0.4, -0.2) is 80.6 Å². The van der Waals surface area contributed by atoms with Crippen LogP contribution in [0.1, 0.15) is 194 Å². The zero-order chi connectivity index (χ0) is 43.5. The minimum Gasteiger partial charge on any atom is -0.477 e. The number of likely N-dealkylation sites (N-methyl/N-ethyl adjacent to an activating group) is 1. The van der Waals surface area contributed by atoms with Gasteiger partial charge in [-0.2, -0.15) is 0 Å². The van der Waals surface area contributed by atoms with Crippen LogP contribution in [0.4, 0.5) is 0 Å². The predicted octanol–water partition coefficient (Wildman–Crippen LogP) is 13.4. The number of carbonyl (C=O) groups is 3. The van der Waals surface area contributed by atoms with Gasteiger partial charge in [0.25, 0.3) is 0 Å². The first-order chi connectivity index (χ1) is 28.6. The number of carboxylic acids is 1. The van der Waals surface area contributed by atoms with Gasteiger partial charge in [-0.15, -0.1) is 0 Å². The molecule has 0 spiro atoms. The minimum absolute atomic E-state index is 0.0569. The summed E-state index contributed by atoms with van der Waals surface area (Å²) in [4.78, 5) is 37.0. The second kappa shape index (κ2) is 41.8. The van der Waals surface area contributed by atoms with E-state index in [0.29, 0.717) is 19.3 Å². The van der Waals surface area contributed by atoms with Gasteiger partial charge in [0, 0.05) is 19.3 Å². The van der Waals surface area contributed by atoms with Crippen molar-refractivity contribution in [3.8, 4) is 0 Å². The van der Waals surface area contributed by atoms with Gasteiger partial charge in [-0.3, -0.25) is 9.59 Å². The highest BCUT2D eigenvalue weighted by molar-refractivity contribution is 5.72. The summed E-state index contributed by atoms with van der Waals surface area (Å²) < 4.78 is 17.3. The Morgan fingerprint density at radius 3 is 1.41 bits per heavy atom. The Morgan fingerprint density at radius 2 is 0.949 bits per heavy atom. The van der Waals surface area contributed by atoms with E-state index in [0.717, 1.165) is 77.0 Å². The number of carboxylic acid groups (broad SMARTS) is 1. The van der Waals surface area contributed by atoms with Crippen LogP contribution in [0.5, 0.6) is 0 Å². The lowest BCUT2D eigenvalue weighted by Crippen LogP contribution is -2.50. The Bertz CT molecular complexity index is 1150. The SMILES string of the molecule is CC/C=C/C/C=C/C/C=C/C/C=C/C/C=C/CCCCCCCCCC(=O)OCC(COCCC(C(=O)O)[N+](C)(C)C)OC(=O)CCCCCCCCCCCCCC. The van der Waals surface area contributed by atoms with Gasteiger partial charge in [-0.1, -0.05) is 177 Å². The summed E-state index contributed by atoms with van der Waals surface area (Å²) in [5.74, 6) is -1.48. The molecule has 0 rings (SSSR count). The summed E-state index contributed by atoms with van der Waals surface area (Å²) in [5.41, 5.74) is 0. The molecule has 340 valence electrons. The van der Waals surface area contributed by atoms with Crippen molar-refractivity contribution in [2.45, 2.75) is 206 Å². The highest BCUT2D eigenvalue weighted by Crippen LogP contribution is 2.15. The van der Waals surface area contributed by atoms with E-state index < -0.39 is 18.1 Å². The van der Waals surface area contributed by atoms with Crippen LogP contribution in [0, 0.1) is 0 Å². The number of aliphatic carboxylic acids is 1. The normalized spacial score (nSPS) is 13.4. The minimum atomic E-state index is -0.877. The van der Waals surface area contributed by atoms with E-state index in [-0.39, 0.29) is 36.2 Å². The van der Waals surface area contributed by atoms with Crippen molar-refractivity contribution in [2.24, 2.45) is 0 Å². The van der Waals surface area contributed by atoms with Crippen molar-refractivity contribution >= 4 is 17.9 Å².